The van der Waals surface area contributed by atoms with E-state index in [-0.39, 0.29) is 22.6 Å². The zero-order chi connectivity index (χ0) is 18.6. The molecule has 1 heterocycles. The lowest BCUT2D eigenvalue weighted by molar-refractivity contribution is -0.266. The third-order valence-corrected chi connectivity index (χ3v) is 4.78. The van der Waals surface area contributed by atoms with Gasteiger partial charge < -0.3 is 15.1 Å². The van der Waals surface area contributed by atoms with Crippen molar-refractivity contribution in [1.82, 2.24) is 5.06 Å². The molecule has 0 saturated carbocycles. The van der Waals surface area contributed by atoms with Gasteiger partial charge in [0, 0.05) is 11.6 Å². The molecule has 1 aromatic rings. The predicted octanol–water partition coefficient (Wildman–Crippen LogP) is 2.60. The summed E-state index contributed by atoms with van der Waals surface area (Å²) in [7, 11) is 0. The molecule has 0 radical (unpaired) electrons. The minimum absolute atomic E-state index is 0.00689. The second-order valence-corrected chi connectivity index (χ2v) is 7.97. The maximum atomic E-state index is 12.7. The van der Waals surface area contributed by atoms with Crippen molar-refractivity contribution in [2.75, 3.05) is 0 Å². The number of hydrogen-bond donors (Lipinski definition) is 2. The topological polar surface area (TPSA) is 87.1 Å². The molecule has 6 nitrogen and oxygen atoms in total. The zero-order valence-corrected chi connectivity index (χ0v) is 14.9. The Morgan fingerprint density at radius 3 is 2.32 bits per heavy atom. The normalized spacial score (nSPS) is 23.2. The monoisotopic (exact) mass is 345 g/mol. The Kier molecular flexibility index (Phi) is 4.00. The number of benzene rings is 1. The van der Waals surface area contributed by atoms with E-state index in [1.165, 1.54) is 18.2 Å². The number of rotatable bonds is 2. The van der Waals surface area contributed by atoms with Crippen molar-refractivity contribution in [3.63, 3.8) is 0 Å². The Balaban J connectivity index is 1.96. The van der Waals surface area contributed by atoms with Crippen molar-refractivity contribution in [3.05, 3.63) is 41.2 Å². The van der Waals surface area contributed by atoms with Crippen LogP contribution in [0.2, 0.25) is 0 Å². The van der Waals surface area contributed by atoms with Crippen LogP contribution in [0, 0.1) is 0 Å². The van der Waals surface area contributed by atoms with Gasteiger partial charge in [-0.05, 0) is 52.7 Å². The van der Waals surface area contributed by atoms with E-state index in [9.17, 15) is 19.8 Å². The number of piperidine rings is 1. The van der Waals surface area contributed by atoms with Crippen LogP contribution in [-0.4, -0.2) is 44.0 Å². The van der Waals surface area contributed by atoms with E-state index in [0.29, 0.717) is 12.8 Å². The zero-order valence-electron chi connectivity index (χ0n) is 14.9. The molecular weight excluding hydrogens is 322 g/mol. The second kappa shape index (κ2) is 5.68. The Labute approximate surface area is 146 Å². The number of allylic oxidation sites excluding steroid dienone is 2. The van der Waals surface area contributed by atoms with Gasteiger partial charge in [-0.15, -0.1) is 5.06 Å². The first-order valence-electron chi connectivity index (χ1n) is 8.32. The molecule has 1 fully saturated rings. The molecule has 6 heteroatoms. The average molecular weight is 345 g/mol. The third-order valence-electron chi connectivity index (χ3n) is 4.78. The molecule has 25 heavy (non-hydrogen) atoms. The third kappa shape index (κ3) is 2.96. The highest BCUT2D eigenvalue weighted by molar-refractivity contribution is 6.24. The van der Waals surface area contributed by atoms with Crippen molar-refractivity contribution in [1.29, 1.82) is 0 Å². The van der Waals surface area contributed by atoms with Crippen LogP contribution in [0.25, 0.3) is 0 Å². The van der Waals surface area contributed by atoms with E-state index in [4.69, 9.17) is 4.84 Å². The molecule has 1 aliphatic heterocycles. The highest BCUT2D eigenvalue weighted by atomic mass is 16.7. The van der Waals surface area contributed by atoms with Crippen LogP contribution >= 0.6 is 0 Å². The molecule has 1 aliphatic carbocycles. The smallest absolute Gasteiger partial charge is 0.231 e. The molecule has 0 bridgehead atoms. The largest absolute Gasteiger partial charge is 0.507 e. The van der Waals surface area contributed by atoms with E-state index in [1.54, 1.807) is 5.06 Å². The molecule has 3 rings (SSSR count). The van der Waals surface area contributed by atoms with E-state index >= 15 is 0 Å². The highest BCUT2D eigenvalue weighted by Crippen LogP contribution is 2.40. The number of ketones is 2. The van der Waals surface area contributed by atoms with E-state index in [1.807, 2.05) is 27.7 Å². The van der Waals surface area contributed by atoms with Crippen LogP contribution in [0.4, 0.5) is 0 Å². The van der Waals surface area contributed by atoms with Crippen molar-refractivity contribution in [2.45, 2.75) is 57.7 Å². The van der Waals surface area contributed by atoms with E-state index in [0.717, 1.165) is 6.08 Å². The van der Waals surface area contributed by atoms with Gasteiger partial charge in [0.1, 0.15) is 5.75 Å². The Bertz CT molecular complexity index is 760. The summed E-state index contributed by atoms with van der Waals surface area (Å²) in [6.07, 6.45) is 1.65. The number of fused-ring (bicyclic) bond motifs is 1. The number of phenolic OH excluding ortho intramolecular Hbond substituents is 1. The molecule has 134 valence electrons. The maximum absolute atomic E-state index is 12.7. The first-order chi connectivity index (χ1) is 11.5. The summed E-state index contributed by atoms with van der Waals surface area (Å²) >= 11 is 0. The molecule has 1 saturated heterocycles. The number of carbonyl (C=O) groups excluding carboxylic acids is 2. The van der Waals surface area contributed by atoms with Crippen LogP contribution in [0.15, 0.2) is 30.0 Å². The van der Waals surface area contributed by atoms with Gasteiger partial charge >= 0.3 is 0 Å². The van der Waals surface area contributed by atoms with Crippen molar-refractivity contribution in [3.8, 4) is 5.75 Å². The summed E-state index contributed by atoms with van der Waals surface area (Å²) < 4.78 is 0. The number of aliphatic hydroxyl groups excluding tert-OH is 1. The van der Waals surface area contributed by atoms with Gasteiger partial charge in [-0.2, -0.15) is 0 Å². The van der Waals surface area contributed by atoms with Crippen LogP contribution in [-0.2, 0) is 4.84 Å². The summed E-state index contributed by atoms with van der Waals surface area (Å²) in [6, 6.07) is 4.40. The molecule has 0 atom stereocenters. The van der Waals surface area contributed by atoms with Crippen LogP contribution in [0.3, 0.4) is 0 Å². The number of hydrogen-bond acceptors (Lipinski definition) is 6. The Morgan fingerprint density at radius 2 is 1.72 bits per heavy atom. The Morgan fingerprint density at radius 1 is 1.12 bits per heavy atom. The first kappa shape index (κ1) is 17.6. The lowest BCUT2D eigenvalue weighted by Crippen LogP contribution is -2.61. The summed E-state index contributed by atoms with van der Waals surface area (Å²) in [5, 5.41) is 21.7. The molecule has 0 spiro atoms. The Hall–Kier alpha value is -2.18. The molecule has 0 amide bonds. The fraction of sp³-hybridized carbons (Fsp3) is 0.474. The number of Topliss-reactive ketones (excluding diaryl/α,β-unsaturated/α-hetero) is 1. The number of hydroxylamine groups is 2. The number of nitrogens with zero attached hydrogens (tertiary/aromatic N) is 1. The summed E-state index contributed by atoms with van der Waals surface area (Å²) in [4.78, 5) is 31.0. The molecule has 1 aromatic carbocycles. The van der Waals surface area contributed by atoms with Gasteiger partial charge in [0.05, 0.1) is 22.7 Å². The SMILES string of the molecule is CC1(C)CC(O)CC(C)(C)N1OC1=CC(=O)c2c(O)cccc2C1=O. The number of aliphatic hydroxyl groups is 1. The molecule has 0 unspecified atom stereocenters. The lowest BCUT2D eigenvalue weighted by Gasteiger charge is -2.52. The second-order valence-electron chi connectivity index (χ2n) is 7.97. The van der Waals surface area contributed by atoms with E-state index in [2.05, 4.69) is 0 Å². The van der Waals surface area contributed by atoms with Crippen molar-refractivity contribution in [2.24, 2.45) is 0 Å². The van der Waals surface area contributed by atoms with Crippen LogP contribution in [0.1, 0.15) is 61.3 Å². The summed E-state index contributed by atoms with van der Waals surface area (Å²) in [6.45, 7) is 7.69. The van der Waals surface area contributed by atoms with Gasteiger partial charge in [-0.3, -0.25) is 9.59 Å². The minimum atomic E-state index is -0.523. The minimum Gasteiger partial charge on any atom is -0.507 e. The highest BCUT2D eigenvalue weighted by Gasteiger charge is 2.48. The average Bonchev–Trinajstić information content (AvgIpc) is 2.46. The summed E-state index contributed by atoms with van der Waals surface area (Å²) in [5.41, 5.74) is -0.905. The van der Waals surface area contributed by atoms with Gasteiger partial charge in [-0.1, -0.05) is 6.07 Å². The fourth-order valence-corrected chi connectivity index (χ4v) is 4.00. The van der Waals surface area contributed by atoms with Crippen LogP contribution < -0.4 is 0 Å². The first-order valence-corrected chi connectivity index (χ1v) is 8.32. The van der Waals surface area contributed by atoms with E-state index < -0.39 is 28.7 Å². The quantitative estimate of drug-likeness (QED) is 0.857. The predicted molar refractivity (Wildman–Crippen MR) is 91.2 cm³/mol. The molecule has 0 aromatic heterocycles. The van der Waals surface area contributed by atoms with Crippen LogP contribution in [0.5, 0.6) is 5.75 Å². The van der Waals surface area contributed by atoms with Crippen molar-refractivity contribution >= 4 is 11.6 Å². The molecule has 2 N–H and O–H groups in total. The number of aromatic hydroxyl groups is 1. The summed E-state index contributed by atoms with van der Waals surface area (Å²) in [5.74, 6) is -1.19. The maximum Gasteiger partial charge on any atom is 0.231 e. The number of phenols is 1. The molecule has 2 aliphatic rings. The van der Waals surface area contributed by atoms with Gasteiger partial charge in [0.2, 0.25) is 5.78 Å². The van der Waals surface area contributed by atoms with Gasteiger partial charge in [0.15, 0.2) is 11.5 Å². The standard InChI is InChI=1S/C19H23NO5/c1-18(2)9-11(21)10-19(3,4)20(18)25-15-8-14(23)16-12(17(15)24)6-5-7-13(16)22/h5-8,11,21-22H,9-10H2,1-4H3. The van der Waals surface area contributed by atoms with Gasteiger partial charge in [-0.25, -0.2) is 0 Å². The number of carbonyl (C=O) groups is 2. The molecular formula is C19H23NO5. The van der Waals surface area contributed by atoms with Gasteiger partial charge in [0.25, 0.3) is 0 Å². The van der Waals surface area contributed by atoms with Crippen molar-refractivity contribution < 1.29 is 24.6 Å². The lowest BCUT2D eigenvalue weighted by atomic mass is 9.80. The fourth-order valence-electron chi connectivity index (χ4n) is 4.00.